The molecule has 4 rings (SSSR count). The third-order valence-electron chi connectivity index (χ3n) is 4.37. The molecule has 1 atom stereocenters. The number of hydrogen-bond acceptors (Lipinski definition) is 6. The van der Waals surface area contributed by atoms with Crippen LogP contribution in [0.5, 0.6) is 0 Å². The second-order valence-electron chi connectivity index (χ2n) is 5.73. The van der Waals surface area contributed by atoms with E-state index in [2.05, 4.69) is 22.0 Å². The fourth-order valence-corrected chi connectivity index (χ4v) is 4.27. The van der Waals surface area contributed by atoms with Gasteiger partial charge in [-0.1, -0.05) is 11.3 Å². The number of nitrogens with zero attached hydrogens (tertiary/aromatic N) is 3. The number of thiazole rings is 1. The summed E-state index contributed by atoms with van der Waals surface area (Å²) in [7, 11) is 0. The number of ether oxygens (including phenoxy) is 1. The molecule has 1 amide bonds. The molecule has 7 heteroatoms. The number of anilines is 2. The number of aromatic nitrogens is 1. The van der Waals surface area contributed by atoms with Crippen LogP contribution in [-0.2, 0) is 4.74 Å². The zero-order valence-corrected chi connectivity index (χ0v) is 12.3. The van der Waals surface area contributed by atoms with Gasteiger partial charge in [0.25, 0.3) is 5.91 Å². The summed E-state index contributed by atoms with van der Waals surface area (Å²) in [5, 5.41) is 4.09. The number of nitrogens with one attached hydrogen (secondary N) is 1. The minimum atomic E-state index is -0.250. The molecule has 108 valence electrons. The molecule has 2 saturated heterocycles. The molecule has 6 nitrogen and oxygen atoms in total. The van der Waals surface area contributed by atoms with Crippen molar-refractivity contribution < 1.29 is 9.53 Å². The first-order chi connectivity index (χ1) is 9.67. The van der Waals surface area contributed by atoms with Crippen molar-refractivity contribution in [2.45, 2.75) is 25.4 Å². The van der Waals surface area contributed by atoms with E-state index in [9.17, 15) is 4.79 Å². The molecule has 0 aromatic carbocycles. The van der Waals surface area contributed by atoms with Crippen molar-refractivity contribution in [3.63, 3.8) is 0 Å². The number of rotatable bonds is 1. The zero-order chi connectivity index (χ0) is 13.7. The van der Waals surface area contributed by atoms with Gasteiger partial charge >= 0.3 is 0 Å². The maximum atomic E-state index is 12.3. The summed E-state index contributed by atoms with van der Waals surface area (Å²) in [5.74, 6) is 0.901. The molecule has 1 unspecified atom stereocenters. The van der Waals surface area contributed by atoms with E-state index < -0.39 is 0 Å². The first-order valence-electron chi connectivity index (χ1n) is 7.11. The lowest BCUT2D eigenvalue weighted by Crippen LogP contribution is -2.58. The summed E-state index contributed by atoms with van der Waals surface area (Å²) in [6.45, 7) is 6.23. The SMILES string of the molecule is CC12CCCN1c1nc(N3CCOCC3)sc1C(=O)N2. The van der Waals surface area contributed by atoms with Crippen molar-refractivity contribution in [1.29, 1.82) is 0 Å². The van der Waals surface area contributed by atoms with Gasteiger partial charge in [0.15, 0.2) is 10.9 Å². The second-order valence-corrected chi connectivity index (χ2v) is 6.71. The average molecular weight is 294 g/mol. The molecule has 1 aromatic heterocycles. The molecule has 3 aliphatic heterocycles. The van der Waals surface area contributed by atoms with Gasteiger partial charge in [-0.2, -0.15) is 0 Å². The lowest BCUT2D eigenvalue weighted by Gasteiger charge is -2.39. The first-order valence-corrected chi connectivity index (χ1v) is 7.93. The quantitative estimate of drug-likeness (QED) is 0.838. The molecule has 1 N–H and O–H groups in total. The maximum Gasteiger partial charge on any atom is 0.267 e. The summed E-state index contributed by atoms with van der Waals surface area (Å²) in [5.41, 5.74) is -0.250. The number of morpholine rings is 1. The minimum absolute atomic E-state index is 0.0256. The molecule has 0 aliphatic carbocycles. The Balaban J connectivity index is 1.72. The maximum absolute atomic E-state index is 12.3. The average Bonchev–Trinajstić information content (AvgIpc) is 3.03. The van der Waals surface area contributed by atoms with E-state index >= 15 is 0 Å². The van der Waals surface area contributed by atoms with Crippen LogP contribution in [0.15, 0.2) is 0 Å². The number of carbonyl (C=O) groups is 1. The van der Waals surface area contributed by atoms with E-state index in [1.54, 1.807) is 0 Å². The summed E-state index contributed by atoms with van der Waals surface area (Å²) in [4.78, 5) is 22.3. The molecule has 1 aromatic rings. The Morgan fingerprint density at radius 3 is 2.95 bits per heavy atom. The van der Waals surface area contributed by atoms with E-state index in [0.29, 0.717) is 0 Å². The van der Waals surface area contributed by atoms with E-state index in [1.165, 1.54) is 11.3 Å². The predicted octanol–water partition coefficient (Wildman–Crippen LogP) is 1.04. The van der Waals surface area contributed by atoms with Crippen molar-refractivity contribution in [2.75, 3.05) is 42.6 Å². The van der Waals surface area contributed by atoms with E-state index in [4.69, 9.17) is 9.72 Å². The molecule has 0 saturated carbocycles. The van der Waals surface area contributed by atoms with Crippen LogP contribution in [-0.4, -0.2) is 49.4 Å². The van der Waals surface area contributed by atoms with Crippen LogP contribution >= 0.6 is 11.3 Å². The van der Waals surface area contributed by atoms with Gasteiger partial charge in [-0.25, -0.2) is 4.98 Å². The van der Waals surface area contributed by atoms with Gasteiger partial charge in [0.1, 0.15) is 10.5 Å². The Morgan fingerprint density at radius 1 is 1.35 bits per heavy atom. The summed E-state index contributed by atoms with van der Waals surface area (Å²) >= 11 is 1.50. The number of carbonyl (C=O) groups excluding carboxylic acids is 1. The van der Waals surface area contributed by atoms with Gasteiger partial charge in [-0.05, 0) is 19.8 Å². The van der Waals surface area contributed by atoms with Crippen LogP contribution in [0.1, 0.15) is 29.4 Å². The zero-order valence-electron chi connectivity index (χ0n) is 11.5. The Morgan fingerprint density at radius 2 is 2.15 bits per heavy atom. The highest BCUT2D eigenvalue weighted by Gasteiger charge is 2.45. The van der Waals surface area contributed by atoms with Gasteiger partial charge in [0.05, 0.1) is 13.2 Å². The van der Waals surface area contributed by atoms with Gasteiger partial charge in [-0.3, -0.25) is 4.79 Å². The topological polar surface area (TPSA) is 57.7 Å². The van der Waals surface area contributed by atoms with Crippen molar-refractivity contribution in [2.24, 2.45) is 0 Å². The van der Waals surface area contributed by atoms with Gasteiger partial charge in [-0.15, -0.1) is 0 Å². The third-order valence-corrected chi connectivity index (χ3v) is 5.47. The predicted molar refractivity (Wildman–Crippen MR) is 77.6 cm³/mol. The molecule has 4 heterocycles. The fraction of sp³-hybridized carbons (Fsp3) is 0.692. The molecule has 20 heavy (non-hydrogen) atoms. The Labute approximate surface area is 121 Å². The van der Waals surface area contributed by atoms with Crippen molar-refractivity contribution in [3.05, 3.63) is 4.88 Å². The highest BCUT2D eigenvalue weighted by Crippen LogP contribution is 2.42. The van der Waals surface area contributed by atoms with Crippen molar-refractivity contribution >= 4 is 28.2 Å². The largest absolute Gasteiger partial charge is 0.378 e. The van der Waals surface area contributed by atoms with Crippen molar-refractivity contribution in [3.8, 4) is 0 Å². The van der Waals surface area contributed by atoms with Gasteiger partial charge < -0.3 is 19.9 Å². The van der Waals surface area contributed by atoms with E-state index in [-0.39, 0.29) is 11.6 Å². The molecule has 3 aliphatic rings. The first kappa shape index (κ1) is 12.4. The van der Waals surface area contributed by atoms with Crippen LogP contribution in [0.2, 0.25) is 0 Å². The van der Waals surface area contributed by atoms with Crippen LogP contribution < -0.4 is 15.1 Å². The van der Waals surface area contributed by atoms with Crippen LogP contribution in [0.3, 0.4) is 0 Å². The monoisotopic (exact) mass is 294 g/mol. The number of hydrogen-bond donors (Lipinski definition) is 1. The molecular formula is C13H18N4O2S. The number of amides is 1. The summed E-state index contributed by atoms with van der Waals surface area (Å²) in [6.07, 6.45) is 2.09. The normalized spacial score (nSPS) is 29.1. The summed E-state index contributed by atoms with van der Waals surface area (Å²) in [6, 6.07) is 0. The third kappa shape index (κ3) is 1.73. The highest BCUT2D eigenvalue weighted by atomic mass is 32.1. The Bertz CT molecular complexity index is 555. The smallest absolute Gasteiger partial charge is 0.267 e. The Kier molecular flexibility index (Phi) is 2.68. The molecule has 0 radical (unpaired) electrons. The van der Waals surface area contributed by atoms with Gasteiger partial charge in [0, 0.05) is 19.6 Å². The Hall–Kier alpha value is -1.34. The summed E-state index contributed by atoms with van der Waals surface area (Å²) < 4.78 is 5.38. The number of fused-ring (bicyclic) bond motifs is 3. The van der Waals surface area contributed by atoms with E-state index in [1.807, 2.05) is 0 Å². The highest BCUT2D eigenvalue weighted by molar-refractivity contribution is 7.18. The second kappa shape index (κ2) is 4.33. The fourth-order valence-electron chi connectivity index (χ4n) is 3.26. The van der Waals surface area contributed by atoms with E-state index in [0.717, 1.165) is 61.5 Å². The lowest BCUT2D eigenvalue weighted by atomic mass is 10.1. The van der Waals surface area contributed by atoms with Gasteiger partial charge in [0.2, 0.25) is 0 Å². The minimum Gasteiger partial charge on any atom is -0.378 e. The molecule has 2 fully saturated rings. The molecule has 0 spiro atoms. The molecular weight excluding hydrogens is 276 g/mol. The van der Waals surface area contributed by atoms with Crippen LogP contribution in [0.25, 0.3) is 0 Å². The lowest BCUT2D eigenvalue weighted by molar-refractivity contribution is 0.0901. The van der Waals surface area contributed by atoms with Crippen molar-refractivity contribution in [1.82, 2.24) is 10.3 Å². The molecule has 0 bridgehead atoms. The standard InChI is InChI=1S/C13H18N4O2S/c1-13-3-2-4-17(13)10-9(11(18)15-13)20-12(14-10)16-5-7-19-8-6-16/h2-8H2,1H3,(H,15,18). The van der Waals surface area contributed by atoms with Crippen LogP contribution in [0, 0.1) is 0 Å². The van der Waals surface area contributed by atoms with Crippen LogP contribution in [0.4, 0.5) is 10.9 Å².